The van der Waals surface area contributed by atoms with Crippen molar-refractivity contribution in [1.82, 2.24) is 0 Å². The fourth-order valence-electron chi connectivity index (χ4n) is 9.85. The number of ether oxygens (including phenoxy) is 6. The average Bonchev–Trinajstić information content (AvgIpc) is 4.07. The second-order valence-electron chi connectivity index (χ2n) is 20.8. The lowest BCUT2D eigenvalue weighted by Crippen LogP contribution is -2.40. The molecule has 1 aliphatic carbocycles. The Kier molecular flexibility index (Phi) is 15.8. The van der Waals surface area contributed by atoms with Gasteiger partial charge in [-0.15, -0.1) is 0 Å². The highest BCUT2D eigenvalue weighted by Crippen LogP contribution is 2.55. The van der Waals surface area contributed by atoms with E-state index in [1.807, 2.05) is 74.5 Å². The van der Waals surface area contributed by atoms with Gasteiger partial charge in [0.2, 0.25) is 0 Å². The van der Waals surface area contributed by atoms with Gasteiger partial charge in [0.05, 0.1) is 54.0 Å². The summed E-state index contributed by atoms with van der Waals surface area (Å²) in [7, 11) is 0. The minimum Gasteiger partial charge on any atom is -0.459 e. The molecular weight excluding hydrogens is 889 g/mol. The number of rotatable bonds is 20. The Morgan fingerprint density at radius 2 is 0.971 bits per heavy atom. The number of carbonyl (C=O) groups excluding carboxylic acids is 6. The zero-order valence-electron chi connectivity index (χ0n) is 41.7. The lowest BCUT2D eigenvalue weighted by atomic mass is 9.59. The Morgan fingerprint density at radius 1 is 0.543 bits per heavy atom. The molecule has 0 bridgehead atoms. The SMILES string of the molecule is CCC(C)(CC(C)(C)C(=O)Oc1ccc(C(=O)C2=C(c3ccccc3)C(C(=O)c3ccc(OC(=O)C(C)(C)CC(C)(CC)C(=O)OC4CCOC4)cc3)C2c2ccccc2)cc1)C(=O)OC1CCOC1. The third-order valence-electron chi connectivity index (χ3n) is 14.3. The van der Waals surface area contributed by atoms with Gasteiger partial charge in [-0.25, -0.2) is 0 Å². The van der Waals surface area contributed by atoms with Crippen LogP contribution in [0.2, 0.25) is 0 Å². The summed E-state index contributed by atoms with van der Waals surface area (Å²) in [5, 5.41) is 0. The molecule has 2 fully saturated rings. The maximum atomic E-state index is 14.8. The van der Waals surface area contributed by atoms with Crippen LogP contribution in [0, 0.1) is 27.6 Å². The predicted octanol–water partition coefficient (Wildman–Crippen LogP) is 10.8. The predicted molar refractivity (Wildman–Crippen MR) is 263 cm³/mol. The van der Waals surface area contributed by atoms with Crippen molar-refractivity contribution in [2.75, 3.05) is 26.4 Å². The number of hydrogen-bond donors (Lipinski definition) is 0. The molecule has 2 saturated heterocycles. The van der Waals surface area contributed by atoms with Crippen molar-refractivity contribution in [3.63, 3.8) is 0 Å². The molecular formula is C58H66O12. The second kappa shape index (κ2) is 21.4. The number of carbonyl (C=O) groups is 6. The Balaban J connectivity index is 1.09. The quantitative estimate of drug-likeness (QED) is 0.0470. The molecule has 0 saturated carbocycles. The zero-order valence-corrected chi connectivity index (χ0v) is 41.7. The van der Waals surface area contributed by atoms with Crippen LogP contribution in [0.3, 0.4) is 0 Å². The number of hydrogen-bond acceptors (Lipinski definition) is 12. The summed E-state index contributed by atoms with van der Waals surface area (Å²) in [4.78, 5) is 83.6. The van der Waals surface area contributed by atoms with Gasteiger partial charge >= 0.3 is 23.9 Å². The van der Waals surface area contributed by atoms with E-state index >= 15 is 0 Å². The van der Waals surface area contributed by atoms with Crippen LogP contribution >= 0.6 is 0 Å². The molecule has 6 atom stereocenters. The van der Waals surface area contributed by atoms with Gasteiger partial charge in [-0.2, -0.15) is 0 Å². The lowest BCUT2D eigenvalue weighted by Gasteiger charge is -2.41. The maximum absolute atomic E-state index is 14.8. The van der Waals surface area contributed by atoms with E-state index in [1.54, 1.807) is 90.1 Å². The van der Waals surface area contributed by atoms with Gasteiger partial charge < -0.3 is 28.4 Å². The Hall–Kier alpha value is -6.24. The van der Waals surface area contributed by atoms with Crippen molar-refractivity contribution in [1.29, 1.82) is 0 Å². The molecule has 3 aliphatic rings. The first-order valence-corrected chi connectivity index (χ1v) is 24.4. The van der Waals surface area contributed by atoms with Crippen LogP contribution in [0.4, 0.5) is 0 Å². The van der Waals surface area contributed by atoms with Crippen LogP contribution < -0.4 is 9.47 Å². The van der Waals surface area contributed by atoms with Crippen molar-refractivity contribution < 1.29 is 57.2 Å². The van der Waals surface area contributed by atoms with Crippen molar-refractivity contribution in [3.8, 4) is 11.5 Å². The standard InChI is InChI=1S/C58H66O12/c1-9-57(7,53(63)69-43-29-31-65-33-43)35-55(3,4)51(61)67-41-25-21-39(22-26-41)49(59)47-45(37-17-13-11-14-18-37)48(46(47)38-19-15-12-16-20-38)50(60)40-23-27-42(28-24-40)68-52(62)56(5,6)36-58(8,10-2)54(64)70-44-30-32-66-34-44/h11-28,43-45,47H,9-10,29-36H2,1-8H3. The third kappa shape index (κ3) is 11.3. The summed E-state index contributed by atoms with van der Waals surface area (Å²) in [5.41, 5.74) is -0.642. The Bertz CT molecular complexity index is 2570. The van der Waals surface area contributed by atoms with Gasteiger partial charge in [-0.05, 0) is 132 Å². The van der Waals surface area contributed by atoms with Gasteiger partial charge in [0.1, 0.15) is 23.7 Å². The minimum atomic E-state index is -1.06. The molecule has 0 radical (unpaired) electrons. The fourth-order valence-corrected chi connectivity index (χ4v) is 9.85. The zero-order chi connectivity index (χ0) is 50.4. The van der Waals surface area contributed by atoms with Crippen LogP contribution in [0.15, 0.2) is 115 Å². The monoisotopic (exact) mass is 954 g/mol. The van der Waals surface area contributed by atoms with Crippen molar-refractivity contribution in [2.45, 2.75) is 112 Å². The highest BCUT2D eigenvalue weighted by molar-refractivity contribution is 6.22. The first-order valence-electron chi connectivity index (χ1n) is 24.4. The van der Waals surface area contributed by atoms with Crippen LogP contribution in [-0.4, -0.2) is 74.1 Å². The largest absolute Gasteiger partial charge is 0.459 e. The van der Waals surface area contributed by atoms with E-state index in [2.05, 4.69) is 0 Å². The van der Waals surface area contributed by atoms with E-state index < -0.39 is 45.4 Å². The van der Waals surface area contributed by atoms with E-state index in [-0.39, 0.29) is 60.1 Å². The molecule has 0 amide bonds. The molecule has 12 nitrogen and oxygen atoms in total. The molecule has 0 N–H and O–H groups in total. The third-order valence-corrected chi connectivity index (χ3v) is 14.3. The molecule has 4 aromatic rings. The highest BCUT2D eigenvalue weighted by atomic mass is 16.6. The van der Waals surface area contributed by atoms with Crippen molar-refractivity contribution >= 4 is 41.0 Å². The number of allylic oxidation sites excluding steroid dienone is 2. The second-order valence-corrected chi connectivity index (χ2v) is 20.8. The summed E-state index contributed by atoms with van der Waals surface area (Å²) >= 11 is 0. The molecule has 70 heavy (non-hydrogen) atoms. The summed E-state index contributed by atoms with van der Waals surface area (Å²) in [6, 6.07) is 31.6. The smallest absolute Gasteiger partial charge is 0.316 e. The van der Waals surface area contributed by atoms with Crippen LogP contribution in [-0.2, 0) is 38.1 Å². The fraction of sp³-hybridized carbons (Fsp3) is 0.448. The normalized spacial score (nSPS) is 20.9. The van der Waals surface area contributed by atoms with Gasteiger partial charge in [0, 0.05) is 35.5 Å². The molecule has 12 heteroatoms. The summed E-state index contributed by atoms with van der Waals surface area (Å²) < 4.78 is 34.0. The topological polar surface area (TPSA) is 158 Å². The Morgan fingerprint density at radius 3 is 1.39 bits per heavy atom. The average molecular weight is 955 g/mol. The number of esters is 4. The van der Waals surface area contributed by atoms with Gasteiger partial charge in [0.25, 0.3) is 0 Å². The first-order chi connectivity index (χ1) is 33.3. The van der Waals surface area contributed by atoms with Gasteiger partial charge in [-0.1, -0.05) is 74.5 Å². The number of ketones is 2. The van der Waals surface area contributed by atoms with E-state index in [1.165, 1.54) is 0 Å². The summed E-state index contributed by atoms with van der Waals surface area (Å²) in [6.07, 6.45) is 2.01. The minimum absolute atomic E-state index is 0.197. The molecule has 2 heterocycles. The molecule has 7 rings (SSSR count). The highest BCUT2D eigenvalue weighted by Gasteiger charge is 2.50. The van der Waals surface area contributed by atoms with Crippen molar-refractivity contribution in [3.05, 3.63) is 137 Å². The Labute approximate surface area is 411 Å². The van der Waals surface area contributed by atoms with Crippen LogP contribution in [0.5, 0.6) is 11.5 Å². The van der Waals surface area contributed by atoms with E-state index in [0.717, 1.165) is 11.1 Å². The van der Waals surface area contributed by atoms with Gasteiger partial charge in [0.15, 0.2) is 11.6 Å². The first kappa shape index (κ1) is 51.6. The van der Waals surface area contributed by atoms with Crippen molar-refractivity contribution in [2.24, 2.45) is 27.6 Å². The molecule has 0 spiro atoms. The molecule has 6 unspecified atom stereocenters. The van der Waals surface area contributed by atoms with Crippen LogP contribution in [0.25, 0.3) is 5.57 Å². The molecule has 4 aromatic carbocycles. The van der Waals surface area contributed by atoms with E-state index in [0.29, 0.717) is 74.4 Å². The molecule has 0 aromatic heterocycles. The van der Waals surface area contributed by atoms with E-state index in [9.17, 15) is 28.8 Å². The van der Waals surface area contributed by atoms with Gasteiger partial charge in [-0.3, -0.25) is 28.8 Å². The number of benzene rings is 4. The molecule has 370 valence electrons. The maximum Gasteiger partial charge on any atom is 0.316 e. The number of Topliss-reactive ketones (excluding diaryl/α,β-unsaturated/α-hetero) is 2. The summed E-state index contributed by atoms with van der Waals surface area (Å²) in [6.45, 7) is 16.2. The van der Waals surface area contributed by atoms with Crippen LogP contribution in [0.1, 0.15) is 132 Å². The summed E-state index contributed by atoms with van der Waals surface area (Å²) in [5.74, 6) is -3.13. The molecule has 2 aliphatic heterocycles. The lowest BCUT2D eigenvalue weighted by molar-refractivity contribution is -0.166. The van der Waals surface area contributed by atoms with E-state index in [4.69, 9.17) is 28.4 Å².